The van der Waals surface area contributed by atoms with Gasteiger partial charge in [0.2, 0.25) is 0 Å². The summed E-state index contributed by atoms with van der Waals surface area (Å²) in [7, 11) is 5.74. The lowest BCUT2D eigenvalue weighted by Crippen LogP contribution is -2.40. The lowest BCUT2D eigenvalue weighted by molar-refractivity contribution is 0.179. The van der Waals surface area contributed by atoms with Crippen molar-refractivity contribution in [1.82, 2.24) is 14.8 Å². The zero-order valence-electron chi connectivity index (χ0n) is 13.7. The minimum atomic E-state index is -0.564. The molecule has 0 fully saturated rings. The summed E-state index contributed by atoms with van der Waals surface area (Å²) in [6.07, 6.45) is 1.46. The number of halogens is 1. The maximum absolute atomic E-state index is 10.2. The molecule has 0 saturated carbocycles. The highest BCUT2D eigenvalue weighted by atomic mass is 79.9. The van der Waals surface area contributed by atoms with E-state index in [-0.39, 0.29) is 0 Å². The number of nitrogens with zero attached hydrogens (tertiary/aromatic N) is 3. The molecule has 1 atom stereocenters. The van der Waals surface area contributed by atoms with Crippen LogP contribution in [-0.2, 0) is 13.6 Å². The number of aromatic nitrogens is 1. The zero-order chi connectivity index (χ0) is 16.8. The largest absolute Gasteiger partial charge is 0.387 e. The number of aliphatic hydroxyl groups is 1. The molecule has 0 saturated heterocycles. The van der Waals surface area contributed by atoms with Crippen LogP contribution in [0.15, 0.2) is 52.1 Å². The molecule has 0 bridgehead atoms. The van der Waals surface area contributed by atoms with Crippen molar-refractivity contribution in [1.29, 1.82) is 0 Å². The molecule has 2 N–H and O–H groups in total. The molecule has 1 heterocycles. The summed E-state index contributed by atoms with van der Waals surface area (Å²) in [5.74, 6) is 0.748. The molecule has 0 spiro atoms. The summed E-state index contributed by atoms with van der Waals surface area (Å²) >= 11 is 3.48. The van der Waals surface area contributed by atoms with Crippen molar-refractivity contribution < 1.29 is 5.11 Å². The fourth-order valence-corrected chi connectivity index (χ4v) is 2.98. The smallest absolute Gasteiger partial charge is 0.193 e. The highest BCUT2D eigenvalue weighted by molar-refractivity contribution is 9.10. The first-order valence-corrected chi connectivity index (χ1v) is 8.26. The van der Waals surface area contributed by atoms with Crippen molar-refractivity contribution in [3.8, 4) is 0 Å². The van der Waals surface area contributed by atoms with Gasteiger partial charge in [-0.05, 0) is 27.6 Å². The van der Waals surface area contributed by atoms with Crippen LogP contribution in [0.5, 0.6) is 0 Å². The maximum atomic E-state index is 10.2. The van der Waals surface area contributed by atoms with Crippen LogP contribution in [0.1, 0.15) is 17.4 Å². The molecule has 0 aliphatic heterocycles. The summed E-state index contributed by atoms with van der Waals surface area (Å²) in [5.41, 5.74) is 2.07. The van der Waals surface area contributed by atoms with Gasteiger partial charge in [0.15, 0.2) is 5.96 Å². The van der Waals surface area contributed by atoms with Gasteiger partial charge in [0, 0.05) is 44.1 Å². The molecule has 1 aromatic heterocycles. The lowest BCUT2D eigenvalue weighted by Gasteiger charge is -2.23. The van der Waals surface area contributed by atoms with Gasteiger partial charge < -0.3 is 19.9 Å². The number of nitrogens with one attached hydrogen (secondary N) is 1. The Hall–Kier alpha value is -1.79. The van der Waals surface area contributed by atoms with Gasteiger partial charge in [-0.3, -0.25) is 4.99 Å². The Morgan fingerprint density at radius 2 is 2.09 bits per heavy atom. The van der Waals surface area contributed by atoms with Gasteiger partial charge in [0.25, 0.3) is 0 Å². The van der Waals surface area contributed by atoms with Gasteiger partial charge in [0.1, 0.15) is 0 Å². The number of hydrogen-bond donors (Lipinski definition) is 2. The average Bonchev–Trinajstić information content (AvgIpc) is 2.86. The van der Waals surface area contributed by atoms with Gasteiger partial charge in [0.05, 0.1) is 12.6 Å². The molecule has 0 radical (unpaired) electrons. The van der Waals surface area contributed by atoms with E-state index in [1.54, 1.807) is 7.05 Å². The number of guanidine groups is 1. The molecule has 2 rings (SSSR count). The number of hydrogen-bond acceptors (Lipinski definition) is 2. The van der Waals surface area contributed by atoms with Crippen molar-refractivity contribution in [2.24, 2.45) is 12.0 Å². The summed E-state index contributed by atoms with van der Waals surface area (Å²) in [6, 6.07) is 11.7. The average molecular weight is 379 g/mol. The van der Waals surface area contributed by atoms with Crippen LogP contribution >= 0.6 is 15.9 Å². The quantitative estimate of drug-likeness (QED) is 0.620. The molecule has 6 heteroatoms. The van der Waals surface area contributed by atoms with Crippen molar-refractivity contribution >= 4 is 21.9 Å². The van der Waals surface area contributed by atoms with Crippen molar-refractivity contribution in [3.05, 3.63) is 58.3 Å². The third-order valence-corrected chi connectivity index (χ3v) is 4.12. The molecule has 0 aliphatic carbocycles. The molecule has 5 nitrogen and oxygen atoms in total. The second-order valence-corrected chi connectivity index (χ2v) is 6.39. The van der Waals surface area contributed by atoms with Gasteiger partial charge in [-0.2, -0.15) is 0 Å². The van der Waals surface area contributed by atoms with Gasteiger partial charge >= 0.3 is 0 Å². The number of rotatable bonds is 5. The Labute approximate surface area is 145 Å². The molecule has 0 amide bonds. The Morgan fingerprint density at radius 1 is 1.39 bits per heavy atom. The minimum absolute atomic E-state index is 0.415. The van der Waals surface area contributed by atoms with Crippen LogP contribution in [0, 0.1) is 0 Å². The maximum Gasteiger partial charge on any atom is 0.193 e. The van der Waals surface area contributed by atoms with Crippen LogP contribution in [0.25, 0.3) is 0 Å². The van der Waals surface area contributed by atoms with E-state index in [4.69, 9.17) is 0 Å². The lowest BCUT2D eigenvalue weighted by atomic mass is 10.1. The fraction of sp³-hybridized carbons (Fsp3) is 0.353. The third-order valence-electron chi connectivity index (χ3n) is 3.68. The van der Waals surface area contributed by atoms with Gasteiger partial charge in [-0.1, -0.05) is 30.3 Å². The number of benzene rings is 1. The second kappa shape index (κ2) is 8.17. The first kappa shape index (κ1) is 17.6. The fourth-order valence-electron chi connectivity index (χ4n) is 2.41. The second-order valence-electron chi connectivity index (χ2n) is 5.47. The van der Waals surface area contributed by atoms with Crippen molar-refractivity contribution in [3.63, 3.8) is 0 Å². The van der Waals surface area contributed by atoms with E-state index < -0.39 is 6.10 Å². The Bertz CT molecular complexity index is 654. The zero-order valence-corrected chi connectivity index (χ0v) is 15.3. The molecule has 1 aromatic carbocycles. The van der Waals surface area contributed by atoms with Gasteiger partial charge in [-0.25, -0.2) is 0 Å². The molecular formula is C17H23BrN4O. The predicted molar refractivity (Wildman–Crippen MR) is 97.3 cm³/mol. The van der Waals surface area contributed by atoms with E-state index >= 15 is 0 Å². The molecule has 1 unspecified atom stereocenters. The van der Waals surface area contributed by atoms with E-state index in [2.05, 4.69) is 36.9 Å². The summed E-state index contributed by atoms with van der Waals surface area (Å²) < 4.78 is 3.14. The monoisotopic (exact) mass is 378 g/mol. The Morgan fingerprint density at radius 3 is 2.65 bits per heavy atom. The SMILES string of the molecule is CN=C(NCC(O)c1ccccc1)N(C)Cc1cc(Br)cn1C. The molecule has 124 valence electrons. The third kappa shape index (κ3) is 4.84. The molecule has 2 aromatic rings. The predicted octanol–water partition coefficient (Wildman–Crippen LogP) is 2.53. The van der Waals surface area contributed by atoms with E-state index in [1.807, 2.05) is 55.5 Å². The molecule has 23 heavy (non-hydrogen) atoms. The number of aliphatic imine (C=N–C) groups is 1. The topological polar surface area (TPSA) is 52.8 Å². The van der Waals surface area contributed by atoms with E-state index in [0.29, 0.717) is 6.54 Å². The van der Waals surface area contributed by atoms with Crippen LogP contribution in [0.2, 0.25) is 0 Å². The van der Waals surface area contributed by atoms with Crippen LogP contribution < -0.4 is 5.32 Å². The van der Waals surface area contributed by atoms with E-state index in [0.717, 1.165) is 22.5 Å². The highest BCUT2D eigenvalue weighted by Crippen LogP contribution is 2.15. The van der Waals surface area contributed by atoms with Crippen molar-refractivity contribution in [2.75, 3.05) is 20.6 Å². The summed E-state index contributed by atoms with van der Waals surface area (Å²) in [6.45, 7) is 1.14. The molecule has 0 aliphatic rings. The number of aliphatic hydroxyl groups excluding tert-OH is 1. The number of aryl methyl sites for hydroxylation is 1. The normalized spacial score (nSPS) is 13.0. The first-order valence-electron chi connectivity index (χ1n) is 7.46. The summed E-state index contributed by atoms with van der Waals surface area (Å²) in [5, 5.41) is 13.5. The Balaban J connectivity index is 1.93. The van der Waals surface area contributed by atoms with Crippen molar-refractivity contribution in [2.45, 2.75) is 12.6 Å². The van der Waals surface area contributed by atoms with E-state index in [9.17, 15) is 5.11 Å². The Kier molecular flexibility index (Phi) is 6.24. The summed E-state index contributed by atoms with van der Waals surface area (Å²) in [4.78, 5) is 6.31. The standard InChI is InChI=1S/C17H23BrN4O/c1-19-17(20-10-16(23)13-7-5-4-6-8-13)22(3)12-15-9-14(18)11-21(15)2/h4-9,11,16,23H,10,12H2,1-3H3,(H,19,20). The minimum Gasteiger partial charge on any atom is -0.387 e. The molecular weight excluding hydrogens is 356 g/mol. The first-order chi connectivity index (χ1) is 11.0. The highest BCUT2D eigenvalue weighted by Gasteiger charge is 2.12. The van der Waals surface area contributed by atoms with Crippen LogP contribution in [0.4, 0.5) is 0 Å². The van der Waals surface area contributed by atoms with Crippen LogP contribution in [-0.4, -0.2) is 41.2 Å². The van der Waals surface area contributed by atoms with E-state index in [1.165, 1.54) is 5.69 Å². The van der Waals surface area contributed by atoms with Gasteiger partial charge in [-0.15, -0.1) is 0 Å². The van der Waals surface area contributed by atoms with Crippen LogP contribution in [0.3, 0.4) is 0 Å².